The number of aryl methyl sites for hydroxylation is 1. The largest absolute Gasteiger partial charge is 0.378 e. The molecule has 1 aliphatic rings. The fourth-order valence-corrected chi connectivity index (χ4v) is 3.67. The smallest absolute Gasteiger partial charge is 0.313 e. The van der Waals surface area contributed by atoms with Crippen molar-refractivity contribution in [2.24, 2.45) is 0 Å². The van der Waals surface area contributed by atoms with E-state index in [1.165, 1.54) is 0 Å². The molecule has 0 unspecified atom stereocenters. The van der Waals surface area contributed by atoms with Crippen LogP contribution >= 0.6 is 0 Å². The number of hydrogen-bond donors (Lipinski definition) is 2. The minimum absolute atomic E-state index is 0.0592. The molecule has 0 aliphatic carbocycles. The summed E-state index contributed by atoms with van der Waals surface area (Å²) in [5.41, 5.74) is 3.86. The van der Waals surface area contributed by atoms with E-state index in [9.17, 15) is 9.59 Å². The van der Waals surface area contributed by atoms with Gasteiger partial charge in [-0.2, -0.15) is 0 Å². The molecule has 0 spiro atoms. The molecule has 2 aromatic carbocycles. The van der Waals surface area contributed by atoms with Crippen LogP contribution in [0.15, 0.2) is 48.5 Å². The summed E-state index contributed by atoms with van der Waals surface area (Å²) in [5, 5.41) is 5.52. The number of carbonyl (C=O) groups is 2. The van der Waals surface area contributed by atoms with Gasteiger partial charge in [0, 0.05) is 32.0 Å². The molecule has 6 heteroatoms. The van der Waals surface area contributed by atoms with Gasteiger partial charge in [-0.05, 0) is 62.2 Å². The van der Waals surface area contributed by atoms with Crippen LogP contribution in [0.4, 0.5) is 11.4 Å². The third-order valence-electron chi connectivity index (χ3n) is 5.43. The minimum atomic E-state index is -0.637. The Morgan fingerprint density at radius 3 is 2.28 bits per heavy atom. The van der Waals surface area contributed by atoms with E-state index in [-0.39, 0.29) is 6.04 Å². The first-order valence-electron chi connectivity index (χ1n) is 10.1. The first-order chi connectivity index (χ1) is 14.0. The highest BCUT2D eigenvalue weighted by molar-refractivity contribution is 6.39. The van der Waals surface area contributed by atoms with Crippen LogP contribution in [0.1, 0.15) is 30.0 Å². The minimum Gasteiger partial charge on any atom is -0.378 e. The molecule has 2 amide bonds. The number of amides is 2. The third kappa shape index (κ3) is 5.35. The molecule has 6 nitrogen and oxygen atoms in total. The summed E-state index contributed by atoms with van der Waals surface area (Å²) in [5.74, 6) is -1.25. The molecular formula is C23H30N4O2. The van der Waals surface area contributed by atoms with Gasteiger partial charge in [-0.3, -0.25) is 14.5 Å². The van der Waals surface area contributed by atoms with Crippen molar-refractivity contribution in [3.8, 4) is 0 Å². The van der Waals surface area contributed by atoms with E-state index in [0.717, 1.165) is 42.7 Å². The van der Waals surface area contributed by atoms with Gasteiger partial charge in [0.15, 0.2) is 0 Å². The van der Waals surface area contributed by atoms with Gasteiger partial charge in [-0.1, -0.05) is 30.3 Å². The van der Waals surface area contributed by atoms with Crippen molar-refractivity contribution in [3.63, 3.8) is 0 Å². The number of rotatable bonds is 6. The quantitative estimate of drug-likeness (QED) is 0.740. The molecule has 2 aromatic rings. The van der Waals surface area contributed by atoms with Crippen LogP contribution in [0, 0.1) is 6.92 Å². The van der Waals surface area contributed by atoms with Crippen LogP contribution in [0.2, 0.25) is 0 Å². The summed E-state index contributed by atoms with van der Waals surface area (Å²) >= 11 is 0. The predicted octanol–water partition coefficient (Wildman–Crippen LogP) is 2.95. The van der Waals surface area contributed by atoms with Crippen LogP contribution in [0.5, 0.6) is 0 Å². The van der Waals surface area contributed by atoms with Crippen molar-refractivity contribution in [1.29, 1.82) is 0 Å². The van der Waals surface area contributed by atoms with Gasteiger partial charge >= 0.3 is 11.8 Å². The molecule has 0 saturated carbocycles. The Labute approximate surface area is 172 Å². The maximum Gasteiger partial charge on any atom is 0.313 e. The van der Waals surface area contributed by atoms with Gasteiger partial charge < -0.3 is 15.5 Å². The highest BCUT2D eigenvalue weighted by Gasteiger charge is 2.25. The fourth-order valence-electron chi connectivity index (χ4n) is 3.67. The van der Waals surface area contributed by atoms with E-state index < -0.39 is 11.8 Å². The SMILES string of the molecule is Cc1ccccc1NC(=O)C(=O)NC[C@@H](c1ccc(N(C)C)cc1)N1CCCC1. The number of para-hydroxylation sites is 1. The molecule has 0 aromatic heterocycles. The lowest BCUT2D eigenvalue weighted by Crippen LogP contribution is -2.41. The fraction of sp³-hybridized carbons (Fsp3) is 0.391. The maximum atomic E-state index is 12.4. The maximum absolute atomic E-state index is 12.4. The van der Waals surface area contributed by atoms with Crippen molar-refractivity contribution in [3.05, 3.63) is 59.7 Å². The average molecular weight is 395 g/mol. The zero-order valence-electron chi connectivity index (χ0n) is 17.4. The number of hydrogen-bond acceptors (Lipinski definition) is 4. The van der Waals surface area contributed by atoms with Crippen LogP contribution in [0.25, 0.3) is 0 Å². The molecule has 0 radical (unpaired) electrons. The van der Waals surface area contributed by atoms with E-state index in [1.807, 2.05) is 39.2 Å². The van der Waals surface area contributed by atoms with E-state index in [0.29, 0.717) is 12.2 Å². The first-order valence-corrected chi connectivity index (χ1v) is 10.1. The van der Waals surface area contributed by atoms with Crippen molar-refractivity contribution >= 4 is 23.2 Å². The lowest BCUT2D eigenvalue weighted by molar-refractivity contribution is -0.136. The molecule has 1 fully saturated rings. The Morgan fingerprint density at radius 1 is 1.00 bits per heavy atom. The van der Waals surface area contributed by atoms with E-state index in [1.54, 1.807) is 6.07 Å². The number of nitrogens with zero attached hydrogens (tertiary/aromatic N) is 2. The number of likely N-dealkylation sites (tertiary alicyclic amines) is 1. The number of benzene rings is 2. The zero-order valence-corrected chi connectivity index (χ0v) is 17.4. The van der Waals surface area contributed by atoms with Gasteiger partial charge in [0.05, 0.1) is 6.04 Å². The van der Waals surface area contributed by atoms with E-state index >= 15 is 0 Å². The van der Waals surface area contributed by atoms with Gasteiger partial charge in [-0.15, -0.1) is 0 Å². The summed E-state index contributed by atoms with van der Waals surface area (Å²) < 4.78 is 0. The lowest BCUT2D eigenvalue weighted by atomic mass is 10.0. The number of nitrogens with one attached hydrogen (secondary N) is 2. The highest BCUT2D eigenvalue weighted by Crippen LogP contribution is 2.26. The third-order valence-corrected chi connectivity index (χ3v) is 5.43. The molecule has 1 atom stereocenters. The van der Waals surface area contributed by atoms with Gasteiger partial charge in [-0.25, -0.2) is 0 Å². The van der Waals surface area contributed by atoms with E-state index in [4.69, 9.17) is 0 Å². The second-order valence-corrected chi connectivity index (χ2v) is 7.72. The molecule has 1 heterocycles. The number of carbonyl (C=O) groups excluding carboxylic acids is 2. The second-order valence-electron chi connectivity index (χ2n) is 7.72. The summed E-state index contributed by atoms with van der Waals surface area (Å²) in [6.07, 6.45) is 2.32. The summed E-state index contributed by atoms with van der Waals surface area (Å²) in [6, 6.07) is 15.9. The van der Waals surface area contributed by atoms with Crippen molar-refractivity contribution < 1.29 is 9.59 Å². The van der Waals surface area contributed by atoms with Crippen molar-refractivity contribution in [2.75, 3.05) is 43.9 Å². The highest BCUT2D eigenvalue weighted by atomic mass is 16.2. The standard InChI is InChI=1S/C23H30N4O2/c1-17-8-4-5-9-20(17)25-23(29)22(28)24-16-21(27-14-6-7-15-27)18-10-12-19(13-11-18)26(2)3/h4-5,8-13,21H,6-7,14-16H2,1-3H3,(H,24,28)(H,25,29)/t21-/m0/s1. The first kappa shape index (κ1) is 20.9. The molecule has 0 bridgehead atoms. The molecule has 1 saturated heterocycles. The Hall–Kier alpha value is -2.86. The van der Waals surface area contributed by atoms with Gasteiger partial charge in [0.25, 0.3) is 0 Å². The van der Waals surface area contributed by atoms with Crippen LogP contribution < -0.4 is 15.5 Å². The van der Waals surface area contributed by atoms with Crippen LogP contribution in [-0.2, 0) is 9.59 Å². The van der Waals surface area contributed by atoms with Gasteiger partial charge in [0.2, 0.25) is 0 Å². The van der Waals surface area contributed by atoms with Crippen molar-refractivity contribution in [1.82, 2.24) is 10.2 Å². The molecule has 154 valence electrons. The molecule has 29 heavy (non-hydrogen) atoms. The lowest BCUT2D eigenvalue weighted by Gasteiger charge is -2.28. The Morgan fingerprint density at radius 2 is 1.66 bits per heavy atom. The predicted molar refractivity (Wildman–Crippen MR) is 117 cm³/mol. The van der Waals surface area contributed by atoms with Crippen LogP contribution in [-0.4, -0.2) is 50.4 Å². The van der Waals surface area contributed by atoms with Crippen LogP contribution in [0.3, 0.4) is 0 Å². The summed E-state index contributed by atoms with van der Waals surface area (Å²) in [7, 11) is 4.03. The number of anilines is 2. The molecular weight excluding hydrogens is 364 g/mol. The molecule has 1 aliphatic heterocycles. The monoisotopic (exact) mass is 394 g/mol. The zero-order chi connectivity index (χ0) is 20.8. The molecule has 2 N–H and O–H groups in total. The summed E-state index contributed by atoms with van der Waals surface area (Å²) in [4.78, 5) is 29.2. The average Bonchev–Trinajstić information content (AvgIpc) is 3.24. The Balaban J connectivity index is 1.65. The van der Waals surface area contributed by atoms with Gasteiger partial charge in [0.1, 0.15) is 0 Å². The topological polar surface area (TPSA) is 64.7 Å². The Bertz CT molecular complexity index is 842. The van der Waals surface area contributed by atoms with Crippen molar-refractivity contribution in [2.45, 2.75) is 25.8 Å². The second kappa shape index (κ2) is 9.56. The normalized spacial score (nSPS) is 15.0. The summed E-state index contributed by atoms with van der Waals surface area (Å²) in [6.45, 7) is 4.31. The Kier molecular flexibility index (Phi) is 6.88. The molecule has 3 rings (SSSR count). The van der Waals surface area contributed by atoms with E-state index in [2.05, 4.69) is 44.7 Å².